The molecule has 0 amide bonds. The van der Waals surface area contributed by atoms with E-state index in [2.05, 4.69) is 13.2 Å². The van der Waals surface area contributed by atoms with Gasteiger partial charge in [-0.25, -0.2) is 9.59 Å². The highest BCUT2D eigenvalue weighted by atomic mass is 16.6. The molecule has 5 nitrogen and oxygen atoms in total. The van der Waals surface area contributed by atoms with Crippen molar-refractivity contribution in [3.63, 3.8) is 0 Å². The summed E-state index contributed by atoms with van der Waals surface area (Å²) in [4.78, 5) is 21.8. The SMILES string of the molecule is C=C(COCC(=C)C(=O)OC(C)(C)C)C(=O)O. The molecule has 0 aromatic heterocycles. The molecule has 0 heterocycles. The van der Waals surface area contributed by atoms with Crippen LogP contribution < -0.4 is 0 Å². The topological polar surface area (TPSA) is 72.8 Å². The second-order valence-corrected chi connectivity index (χ2v) is 4.51. The lowest BCUT2D eigenvalue weighted by atomic mass is 10.2. The van der Waals surface area contributed by atoms with E-state index >= 15 is 0 Å². The average molecular weight is 242 g/mol. The van der Waals surface area contributed by atoms with Crippen molar-refractivity contribution >= 4 is 11.9 Å². The van der Waals surface area contributed by atoms with Gasteiger partial charge in [-0.1, -0.05) is 13.2 Å². The van der Waals surface area contributed by atoms with Crippen LogP contribution in [0, 0.1) is 0 Å². The van der Waals surface area contributed by atoms with Gasteiger partial charge in [-0.15, -0.1) is 0 Å². The largest absolute Gasteiger partial charge is 0.478 e. The summed E-state index contributed by atoms with van der Waals surface area (Å²) in [5.74, 6) is -1.69. The maximum atomic E-state index is 11.4. The van der Waals surface area contributed by atoms with Crippen molar-refractivity contribution in [2.24, 2.45) is 0 Å². The molecule has 0 aliphatic rings. The van der Waals surface area contributed by atoms with Crippen molar-refractivity contribution < 1.29 is 24.2 Å². The minimum atomic E-state index is -1.13. The first-order valence-electron chi connectivity index (χ1n) is 5.03. The van der Waals surface area contributed by atoms with Crippen LogP contribution in [0.3, 0.4) is 0 Å². The van der Waals surface area contributed by atoms with E-state index in [9.17, 15) is 9.59 Å². The van der Waals surface area contributed by atoms with Crippen LogP contribution in [0.2, 0.25) is 0 Å². The summed E-state index contributed by atoms with van der Waals surface area (Å²) in [5, 5.41) is 8.52. The molecule has 0 aromatic rings. The molecule has 5 heteroatoms. The van der Waals surface area contributed by atoms with Crippen LogP contribution in [0.5, 0.6) is 0 Å². The number of carbonyl (C=O) groups is 2. The zero-order valence-electron chi connectivity index (χ0n) is 10.4. The lowest BCUT2D eigenvalue weighted by molar-refractivity contribution is -0.150. The Kier molecular flexibility index (Phi) is 5.61. The minimum absolute atomic E-state index is 0.0815. The third-order valence-electron chi connectivity index (χ3n) is 1.54. The van der Waals surface area contributed by atoms with Crippen molar-refractivity contribution in [2.75, 3.05) is 13.2 Å². The second kappa shape index (κ2) is 6.20. The van der Waals surface area contributed by atoms with Crippen LogP contribution in [0.15, 0.2) is 24.3 Å². The number of carbonyl (C=O) groups excluding carboxylic acids is 1. The maximum Gasteiger partial charge on any atom is 0.336 e. The number of hydrogen-bond acceptors (Lipinski definition) is 4. The van der Waals surface area contributed by atoms with Gasteiger partial charge in [0.2, 0.25) is 0 Å². The summed E-state index contributed by atoms with van der Waals surface area (Å²) in [5.41, 5.74) is -0.537. The fourth-order valence-electron chi connectivity index (χ4n) is 0.768. The standard InChI is InChI=1S/C12H18O5/c1-8(10(13)14)6-16-7-9(2)11(15)17-12(3,4)5/h1-2,6-7H2,3-5H3,(H,13,14). The summed E-state index contributed by atoms with van der Waals surface area (Å²) in [7, 11) is 0. The Balaban J connectivity index is 3.99. The Labute approximate surface area is 101 Å². The maximum absolute atomic E-state index is 11.4. The van der Waals surface area contributed by atoms with Crippen LogP contribution in [0.25, 0.3) is 0 Å². The fourth-order valence-corrected chi connectivity index (χ4v) is 0.768. The zero-order valence-corrected chi connectivity index (χ0v) is 10.4. The Bertz CT molecular complexity index is 335. The monoisotopic (exact) mass is 242 g/mol. The molecular formula is C12H18O5. The summed E-state index contributed by atoms with van der Waals surface area (Å²) >= 11 is 0. The normalized spacial score (nSPS) is 10.8. The Morgan fingerprint density at radius 1 is 1.12 bits per heavy atom. The van der Waals surface area contributed by atoms with E-state index in [-0.39, 0.29) is 24.4 Å². The summed E-state index contributed by atoms with van der Waals surface area (Å²) in [6.07, 6.45) is 0. The molecule has 1 N–H and O–H groups in total. The van der Waals surface area contributed by atoms with Crippen LogP contribution in [0.1, 0.15) is 20.8 Å². The number of carboxylic acids is 1. The lowest BCUT2D eigenvalue weighted by Gasteiger charge is -2.20. The zero-order chi connectivity index (χ0) is 13.6. The second-order valence-electron chi connectivity index (χ2n) is 4.51. The van der Waals surface area contributed by atoms with E-state index in [1.807, 2.05) is 0 Å². The predicted octanol–water partition coefficient (Wildman–Crippen LogP) is 1.54. The predicted molar refractivity (Wildman–Crippen MR) is 62.6 cm³/mol. The summed E-state index contributed by atoms with van der Waals surface area (Å²) in [6.45, 7) is 11.8. The van der Waals surface area contributed by atoms with Gasteiger partial charge in [-0.05, 0) is 20.8 Å². The highest BCUT2D eigenvalue weighted by molar-refractivity contribution is 5.88. The van der Waals surface area contributed by atoms with E-state index in [4.69, 9.17) is 14.6 Å². The first kappa shape index (κ1) is 15.4. The number of rotatable bonds is 6. The van der Waals surface area contributed by atoms with Gasteiger partial charge in [0.05, 0.1) is 24.4 Å². The first-order valence-corrected chi connectivity index (χ1v) is 5.03. The number of ether oxygens (including phenoxy) is 2. The number of carboxylic acid groups (broad SMARTS) is 1. The van der Waals surface area contributed by atoms with Crippen molar-refractivity contribution in [1.29, 1.82) is 0 Å². The van der Waals surface area contributed by atoms with Crippen molar-refractivity contribution in [2.45, 2.75) is 26.4 Å². The Morgan fingerprint density at radius 3 is 2.00 bits per heavy atom. The van der Waals surface area contributed by atoms with Gasteiger partial charge < -0.3 is 14.6 Å². The molecule has 0 aliphatic heterocycles. The van der Waals surface area contributed by atoms with Crippen LogP contribution in [0.4, 0.5) is 0 Å². The van der Waals surface area contributed by atoms with E-state index in [1.165, 1.54) is 0 Å². The highest BCUT2D eigenvalue weighted by Crippen LogP contribution is 2.10. The number of esters is 1. The molecule has 0 aromatic carbocycles. The molecular weight excluding hydrogens is 224 g/mol. The lowest BCUT2D eigenvalue weighted by Crippen LogP contribution is -2.26. The number of aliphatic carboxylic acids is 1. The molecule has 96 valence electrons. The van der Waals surface area contributed by atoms with E-state index in [0.29, 0.717) is 0 Å². The Hall–Kier alpha value is -1.62. The molecule has 17 heavy (non-hydrogen) atoms. The van der Waals surface area contributed by atoms with E-state index in [0.717, 1.165) is 0 Å². The van der Waals surface area contributed by atoms with E-state index < -0.39 is 17.5 Å². The van der Waals surface area contributed by atoms with Crippen molar-refractivity contribution in [1.82, 2.24) is 0 Å². The number of hydrogen-bond donors (Lipinski definition) is 1. The summed E-state index contributed by atoms with van der Waals surface area (Å²) < 4.78 is 10.0. The van der Waals surface area contributed by atoms with Gasteiger partial charge >= 0.3 is 11.9 Å². The molecule has 0 atom stereocenters. The quantitative estimate of drug-likeness (QED) is 0.565. The van der Waals surface area contributed by atoms with Crippen molar-refractivity contribution in [3.05, 3.63) is 24.3 Å². The average Bonchev–Trinajstić information content (AvgIpc) is 2.14. The van der Waals surface area contributed by atoms with E-state index in [1.54, 1.807) is 20.8 Å². The molecule has 0 spiro atoms. The van der Waals surface area contributed by atoms with Gasteiger partial charge in [0.15, 0.2) is 0 Å². The van der Waals surface area contributed by atoms with Crippen LogP contribution in [-0.4, -0.2) is 35.9 Å². The molecule has 0 unspecified atom stereocenters. The van der Waals surface area contributed by atoms with Gasteiger partial charge in [-0.2, -0.15) is 0 Å². The molecule has 0 saturated heterocycles. The Morgan fingerprint density at radius 2 is 1.59 bits per heavy atom. The minimum Gasteiger partial charge on any atom is -0.478 e. The van der Waals surface area contributed by atoms with Crippen molar-refractivity contribution in [3.8, 4) is 0 Å². The van der Waals surface area contributed by atoms with Gasteiger partial charge in [0, 0.05) is 0 Å². The molecule has 0 radical (unpaired) electrons. The van der Waals surface area contributed by atoms with Gasteiger partial charge in [0.25, 0.3) is 0 Å². The van der Waals surface area contributed by atoms with Gasteiger partial charge in [0.1, 0.15) is 5.60 Å². The fraction of sp³-hybridized carbons (Fsp3) is 0.500. The molecule has 0 rings (SSSR count). The smallest absolute Gasteiger partial charge is 0.336 e. The molecule has 0 bridgehead atoms. The van der Waals surface area contributed by atoms with Crippen LogP contribution >= 0.6 is 0 Å². The van der Waals surface area contributed by atoms with Crippen LogP contribution in [-0.2, 0) is 19.1 Å². The molecule has 0 saturated carbocycles. The van der Waals surface area contributed by atoms with Gasteiger partial charge in [-0.3, -0.25) is 0 Å². The molecule has 0 aliphatic carbocycles. The summed E-state index contributed by atoms with van der Waals surface area (Å²) in [6, 6.07) is 0. The highest BCUT2D eigenvalue weighted by Gasteiger charge is 2.18. The first-order chi connectivity index (χ1) is 7.63. The molecule has 0 fully saturated rings. The third kappa shape index (κ3) is 7.30. The third-order valence-corrected chi connectivity index (χ3v) is 1.54.